The summed E-state index contributed by atoms with van der Waals surface area (Å²) in [6.07, 6.45) is 3.02. The third kappa shape index (κ3) is 3.78. The molecule has 0 fully saturated rings. The number of rotatable bonds is 5. The van der Waals surface area contributed by atoms with Crippen molar-refractivity contribution in [3.63, 3.8) is 0 Å². The topological polar surface area (TPSA) is 34.2 Å². The van der Waals surface area contributed by atoms with E-state index in [1.165, 1.54) is 22.3 Å². The van der Waals surface area contributed by atoms with Crippen molar-refractivity contribution in [3.05, 3.63) is 89.7 Å². The van der Waals surface area contributed by atoms with Crippen LogP contribution in [-0.2, 0) is 17.7 Å². The van der Waals surface area contributed by atoms with Crippen molar-refractivity contribution in [2.24, 2.45) is 0 Å². The number of hydrogen-bond donors (Lipinski definition) is 1. The van der Waals surface area contributed by atoms with Gasteiger partial charge in [-0.05, 0) is 40.8 Å². The van der Waals surface area contributed by atoms with E-state index in [1.54, 1.807) is 0 Å². The van der Waals surface area contributed by atoms with E-state index in [4.69, 9.17) is 4.74 Å². The second-order valence-corrected chi connectivity index (χ2v) is 6.34. The van der Waals surface area contributed by atoms with Crippen molar-refractivity contribution in [2.45, 2.75) is 19.1 Å². The Hall–Kier alpha value is -2.49. The Morgan fingerprint density at radius 2 is 1.80 bits per heavy atom. The molecule has 1 aromatic heterocycles. The van der Waals surface area contributed by atoms with E-state index >= 15 is 0 Å². The number of fused-ring (bicyclic) bond motifs is 1. The van der Waals surface area contributed by atoms with Crippen molar-refractivity contribution in [3.8, 4) is 11.1 Å². The largest absolute Gasteiger partial charge is 0.372 e. The molecule has 0 spiro atoms. The monoisotopic (exact) mass is 330 g/mol. The molecular weight excluding hydrogens is 308 g/mol. The Balaban J connectivity index is 1.40. The molecule has 1 unspecified atom stereocenters. The highest BCUT2D eigenvalue weighted by Crippen LogP contribution is 2.26. The second kappa shape index (κ2) is 7.60. The zero-order valence-corrected chi connectivity index (χ0v) is 14.2. The lowest BCUT2D eigenvalue weighted by atomic mass is 9.97. The van der Waals surface area contributed by atoms with E-state index in [1.807, 2.05) is 12.3 Å². The molecule has 0 saturated heterocycles. The molecule has 1 N–H and O–H groups in total. The van der Waals surface area contributed by atoms with Gasteiger partial charge in [0.2, 0.25) is 0 Å². The standard InChI is InChI=1S/C22H22N2O/c1-2-6-17(7-3-1)19-10-12-24-20(14-19)15-23-16-22-21-9-5-4-8-18(21)11-13-25-22/h1-10,12,14,22-23H,11,13,15-16H2. The molecule has 0 saturated carbocycles. The Labute approximate surface area is 148 Å². The first-order valence-electron chi connectivity index (χ1n) is 8.80. The predicted molar refractivity (Wildman–Crippen MR) is 100 cm³/mol. The number of ether oxygens (including phenoxy) is 1. The van der Waals surface area contributed by atoms with Crippen LogP contribution in [0.4, 0.5) is 0 Å². The first-order chi connectivity index (χ1) is 12.4. The first-order valence-corrected chi connectivity index (χ1v) is 8.80. The number of nitrogens with zero attached hydrogens (tertiary/aromatic N) is 1. The highest BCUT2D eigenvalue weighted by molar-refractivity contribution is 5.63. The average molecular weight is 330 g/mol. The molecule has 25 heavy (non-hydrogen) atoms. The van der Waals surface area contributed by atoms with Crippen LogP contribution in [0.2, 0.25) is 0 Å². The van der Waals surface area contributed by atoms with Gasteiger partial charge in [0.15, 0.2) is 0 Å². The van der Waals surface area contributed by atoms with Crippen LogP contribution in [-0.4, -0.2) is 18.1 Å². The fourth-order valence-electron chi connectivity index (χ4n) is 3.36. The van der Waals surface area contributed by atoms with Crippen molar-refractivity contribution in [1.82, 2.24) is 10.3 Å². The van der Waals surface area contributed by atoms with Gasteiger partial charge in [0.05, 0.1) is 18.4 Å². The summed E-state index contributed by atoms with van der Waals surface area (Å²) < 4.78 is 5.95. The molecule has 2 aromatic carbocycles. The molecule has 3 heteroatoms. The number of nitrogens with one attached hydrogen (secondary N) is 1. The van der Waals surface area contributed by atoms with Gasteiger partial charge in [0, 0.05) is 19.3 Å². The molecule has 1 aliphatic heterocycles. The smallest absolute Gasteiger partial charge is 0.0952 e. The maximum absolute atomic E-state index is 5.95. The van der Waals surface area contributed by atoms with E-state index in [0.29, 0.717) is 0 Å². The highest BCUT2D eigenvalue weighted by Gasteiger charge is 2.19. The zero-order chi connectivity index (χ0) is 16.9. The molecular formula is C22H22N2O. The second-order valence-electron chi connectivity index (χ2n) is 6.34. The quantitative estimate of drug-likeness (QED) is 0.763. The minimum absolute atomic E-state index is 0.127. The van der Waals surface area contributed by atoms with Crippen LogP contribution in [0.5, 0.6) is 0 Å². The Morgan fingerprint density at radius 1 is 0.960 bits per heavy atom. The molecule has 0 aliphatic carbocycles. The summed E-state index contributed by atoms with van der Waals surface area (Å²) in [7, 11) is 0. The fraction of sp³-hybridized carbons (Fsp3) is 0.227. The van der Waals surface area contributed by atoms with E-state index < -0.39 is 0 Å². The number of benzene rings is 2. The van der Waals surface area contributed by atoms with Gasteiger partial charge in [-0.1, -0.05) is 54.6 Å². The van der Waals surface area contributed by atoms with Gasteiger partial charge >= 0.3 is 0 Å². The maximum atomic E-state index is 5.95. The minimum Gasteiger partial charge on any atom is -0.372 e. The summed E-state index contributed by atoms with van der Waals surface area (Å²) in [6, 6.07) is 23.2. The summed E-state index contributed by atoms with van der Waals surface area (Å²) in [6.45, 7) is 2.34. The molecule has 3 aromatic rings. The summed E-state index contributed by atoms with van der Waals surface area (Å²) in [4.78, 5) is 4.49. The lowest BCUT2D eigenvalue weighted by Crippen LogP contribution is -2.27. The van der Waals surface area contributed by atoms with Crippen LogP contribution in [0.3, 0.4) is 0 Å². The molecule has 0 radical (unpaired) electrons. The summed E-state index contributed by atoms with van der Waals surface area (Å²) in [5.74, 6) is 0. The number of pyridine rings is 1. The third-order valence-corrected chi connectivity index (χ3v) is 4.65. The van der Waals surface area contributed by atoms with Crippen LogP contribution < -0.4 is 5.32 Å². The molecule has 1 atom stereocenters. The highest BCUT2D eigenvalue weighted by atomic mass is 16.5. The van der Waals surface area contributed by atoms with Crippen molar-refractivity contribution in [2.75, 3.05) is 13.2 Å². The van der Waals surface area contributed by atoms with Crippen LogP contribution in [0, 0.1) is 0 Å². The Kier molecular flexibility index (Phi) is 4.86. The fourth-order valence-corrected chi connectivity index (χ4v) is 3.36. The summed E-state index contributed by atoms with van der Waals surface area (Å²) >= 11 is 0. The van der Waals surface area contributed by atoms with Gasteiger partial charge in [-0.2, -0.15) is 0 Å². The van der Waals surface area contributed by atoms with Gasteiger partial charge in [-0.15, -0.1) is 0 Å². The van der Waals surface area contributed by atoms with E-state index in [2.05, 4.69) is 71.0 Å². The van der Waals surface area contributed by atoms with Gasteiger partial charge in [-0.3, -0.25) is 4.98 Å². The van der Waals surface area contributed by atoms with E-state index in [9.17, 15) is 0 Å². The molecule has 0 amide bonds. The van der Waals surface area contributed by atoms with Gasteiger partial charge < -0.3 is 10.1 Å². The van der Waals surface area contributed by atoms with Crippen molar-refractivity contribution >= 4 is 0 Å². The molecule has 126 valence electrons. The lowest BCUT2D eigenvalue weighted by Gasteiger charge is -2.26. The maximum Gasteiger partial charge on any atom is 0.0952 e. The normalized spacial score (nSPS) is 16.4. The van der Waals surface area contributed by atoms with Crippen molar-refractivity contribution in [1.29, 1.82) is 0 Å². The number of aromatic nitrogens is 1. The van der Waals surface area contributed by atoms with Crippen LogP contribution in [0.15, 0.2) is 72.9 Å². The molecule has 3 nitrogen and oxygen atoms in total. The van der Waals surface area contributed by atoms with Crippen LogP contribution in [0.1, 0.15) is 22.9 Å². The van der Waals surface area contributed by atoms with E-state index in [-0.39, 0.29) is 6.10 Å². The molecule has 2 heterocycles. The predicted octanol–water partition coefficient (Wildman–Crippen LogP) is 4.15. The Bertz CT molecular complexity index is 832. The lowest BCUT2D eigenvalue weighted by molar-refractivity contribution is 0.0423. The summed E-state index contributed by atoms with van der Waals surface area (Å²) in [5.41, 5.74) is 6.18. The van der Waals surface area contributed by atoms with E-state index in [0.717, 1.165) is 31.8 Å². The average Bonchev–Trinajstić information content (AvgIpc) is 2.69. The minimum atomic E-state index is 0.127. The van der Waals surface area contributed by atoms with Gasteiger partial charge in [0.25, 0.3) is 0 Å². The van der Waals surface area contributed by atoms with Crippen LogP contribution >= 0.6 is 0 Å². The summed E-state index contributed by atoms with van der Waals surface area (Å²) in [5, 5.41) is 3.50. The first kappa shape index (κ1) is 16.0. The Morgan fingerprint density at radius 3 is 2.72 bits per heavy atom. The van der Waals surface area contributed by atoms with Crippen molar-refractivity contribution < 1.29 is 4.74 Å². The molecule has 4 rings (SSSR count). The van der Waals surface area contributed by atoms with Gasteiger partial charge in [0.1, 0.15) is 0 Å². The number of hydrogen-bond acceptors (Lipinski definition) is 3. The zero-order valence-electron chi connectivity index (χ0n) is 14.2. The molecule has 0 bridgehead atoms. The van der Waals surface area contributed by atoms with Gasteiger partial charge in [-0.25, -0.2) is 0 Å². The van der Waals surface area contributed by atoms with Crippen LogP contribution in [0.25, 0.3) is 11.1 Å². The molecule has 1 aliphatic rings. The third-order valence-electron chi connectivity index (χ3n) is 4.65. The SMILES string of the molecule is c1ccc(-c2ccnc(CNCC3OCCc4ccccc43)c2)cc1.